The van der Waals surface area contributed by atoms with Crippen LogP contribution in [0.5, 0.6) is 5.75 Å². The summed E-state index contributed by atoms with van der Waals surface area (Å²) in [5, 5.41) is 3.49. The molecule has 2 aromatic carbocycles. The first kappa shape index (κ1) is 19.1. The maximum absolute atomic E-state index is 12.4. The van der Waals surface area contributed by atoms with Gasteiger partial charge in [-0.15, -0.1) is 11.3 Å². The molecule has 0 aliphatic carbocycles. The van der Waals surface area contributed by atoms with Crippen molar-refractivity contribution >= 4 is 22.4 Å². The summed E-state index contributed by atoms with van der Waals surface area (Å²) in [5.41, 5.74) is 3.17. The van der Waals surface area contributed by atoms with Crippen molar-refractivity contribution in [2.45, 2.75) is 33.1 Å². The molecule has 0 saturated heterocycles. The van der Waals surface area contributed by atoms with E-state index in [4.69, 9.17) is 4.74 Å². The Bertz CT molecular complexity index is 870. The Balaban J connectivity index is 1.58. The van der Waals surface area contributed by atoms with Gasteiger partial charge in [0.15, 0.2) is 5.13 Å². The zero-order valence-corrected chi connectivity index (χ0v) is 16.5. The number of rotatable bonds is 8. The van der Waals surface area contributed by atoms with Gasteiger partial charge in [0.2, 0.25) is 0 Å². The van der Waals surface area contributed by atoms with Crippen LogP contribution in [0.4, 0.5) is 5.13 Å². The summed E-state index contributed by atoms with van der Waals surface area (Å²) in [7, 11) is 0. The Morgan fingerprint density at radius 1 is 1.04 bits per heavy atom. The van der Waals surface area contributed by atoms with E-state index in [1.54, 1.807) is 12.1 Å². The largest absolute Gasteiger partial charge is 0.494 e. The molecule has 3 aromatic rings. The van der Waals surface area contributed by atoms with Crippen molar-refractivity contribution in [3.8, 4) is 5.75 Å². The van der Waals surface area contributed by atoms with Crippen molar-refractivity contribution in [3.63, 3.8) is 0 Å². The van der Waals surface area contributed by atoms with Gasteiger partial charge in [0.05, 0.1) is 6.61 Å². The zero-order chi connectivity index (χ0) is 19.1. The van der Waals surface area contributed by atoms with Crippen molar-refractivity contribution < 1.29 is 9.53 Å². The number of ether oxygens (including phenoxy) is 1. The van der Waals surface area contributed by atoms with Crippen LogP contribution in [0.2, 0.25) is 0 Å². The molecule has 3 rings (SSSR count). The fraction of sp³-hybridized carbons (Fsp3) is 0.273. The standard InChI is InChI=1S/C22H24N2O2S/c1-3-13-26-19-11-9-18(10-12-19)21(25)24-22-23-15-20(27-22)14-17-7-5-16(4-2)6-8-17/h5-12,15H,3-4,13-14H2,1-2H3,(H,23,24,25). The number of thiazole rings is 1. The first-order valence-corrected chi connectivity index (χ1v) is 10.1. The van der Waals surface area contributed by atoms with Crippen molar-refractivity contribution in [3.05, 3.63) is 76.3 Å². The molecule has 0 atom stereocenters. The van der Waals surface area contributed by atoms with Crippen LogP contribution in [0.3, 0.4) is 0 Å². The highest BCUT2D eigenvalue weighted by Gasteiger charge is 2.10. The number of nitrogens with one attached hydrogen (secondary N) is 1. The quantitative estimate of drug-likeness (QED) is 0.574. The fourth-order valence-corrected chi connectivity index (χ4v) is 3.47. The van der Waals surface area contributed by atoms with Crippen LogP contribution in [0.15, 0.2) is 54.7 Å². The highest BCUT2D eigenvalue weighted by molar-refractivity contribution is 7.15. The molecule has 1 amide bonds. The van der Waals surface area contributed by atoms with Crippen LogP contribution in [0, 0.1) is 0 Å². The van der Waals surface area contributed by atoms with E-state index < -0.39 is 0 Å². The first-order valence-electron chi connectivity index (χ1n) is 9.24. The normalized spacial score (nSPS) is 10.6. The van der Waals surface area contributed by atoms with Gasteiger partial charge in [0.1, 0.15) is 5.75 Å². The number of hydrogen-bond donors (Lipinski definition) is 1. The van der Waals surface area contributed by atoms with Gasteiger partial charge in [-0.25, -0.2) is 4.98 Å². The maximum Gasteiger partial charge on any atom is 0.257 e. The summed E-state index contributed by atoms with van der Waals surface area (Å²) < 4.78 is 5.54. The number of carbonyl (C=O) groups excluding carboxylic acids is 1. The van der Waals surface area contributed by atoms with Gasteiger partial charge in [-0.05, 0) is 48.2 Å². The fourth-order valence-electron chi connectivity index (χ4n) is 2.63. The lowest BCUT2D eigenvalue weighted by Gasteiger charge is -2.05. The molecule has 4 nitrogen and oxygen atoms in total. The molecule has 0 bridgehead atoms. The summed E-state index contributed by atoms with van der Waals surface area (Å²) in [5.74, 6) is 0.615. The van der Waals surface area contributed by atoms with Gasteiger partial charge in [0, 0.05) is 23.1 Å². The van der Waals surface area contributed by atoms with E-state index in [1.165, 1.54) is 22.5 Å². The van der Waals surface area contributed by atoms with Gasteiger partial charge < -0.3 is 4.74 Å². The molecule has 0 fully saturated rings. The second-order valence-corrected chi connectivity index (χ2v) is 7.42. The average Bonchev–Trinajstić information content (AvgIpc) is 3.14. The summed E-state index contributed by atoms with van der Waals surface area (Å²) in [6, 6.07) is 15.8. The van der Waals surface area contributed by atoms with E-state index >= 15 is 0 Å². The van der Waals surface area contributed by atoms with Crippen molar-refractivity contribution in [2.75, 3.05) is 11.9 Å². The predicted octanol–water partition coefficient (Wildman–Crippen LogP) is 5.34. The number of nitrogens with zero attached hydrogens (tertiary/aromatic N) is 1. The second kappa shape index (κ2) is 9.33. The maximum atomic E-state index is 12.4. The van der Waals surface area contributed by atoms with Gasteiger partial charge in [-0.1, -0.05) is 38.1 Å². The smallest absolute Gasteiger partial charge is 0.257 e. The molecule has 0 saturated carbocycles. The van der Waals surface area contributed by atoms with Crippen LogP contribution < -0.4 is 10.1 Å². The lowest BCUT2D eigenvalue weighted by atomic mass is 10.1. The summed E-state index contributed by atoms with van der Waals surface area (Å²) in [4.78, 5) is 17.8. The van der Waals surface area contributed by atoms with Gasteiger partial charge in [-0.3, -0.25) is 10.1 Å². The Morgan fingerprint density at radius 3 is 2.41 bits per heavy atom. The number of hydrogen-bond acceptors (Lipinski definition) is 4. The molecule has 5 heteroatoms. The van der Waals surface area contributed by atoms with Gasteiger partial charge >= 0.3 is 0 Å². The van der Waals surface area contributed by atoms with E-state index in [1.807, 2.05) is 18.3 Å². The van der Waals surface area contributed by atoms with E-state index in [2.05, 4.69) is 48.4 Å². The minimum absolute atomic E-state index is 0.162. The van der Waals surface area contributed by atoms with E-state index in [9.17, 15) is 4.79 Å². The number of amides is 1. The highest BCUT2D eigenvalue weighted by atomic mass is 32.1. The molecule has 1 aromatic heterocycles. The molecule has 0 aliphatic heterocycles. The highest BCUT2D eigenvalue weighted by Crippen LogP contribution is 2.22. The Kier molecular flexibility index (Phi) is 6.60. The second-order valence-electron chi connectivity index (χ2n) is 6.31. The molecule has 0 unspecified atom stereocenters. The Morgan fingerprint density at radius 2 is 1.74 bits per heavy atom. The number of aromatic nitrogens is 1. The van der Waals surface area contributed by atoms with E-state index in [-0.39, 0.29) is 5.91 Å². The van der Waals surface area contributed by atoms with Gasteiger partial charge in [-0.2, -0.15) is 0 Å². The van der Waals surface area contributed by atoms with E-state index in [0.717, 1.165) is 29.9 Å². The minimum Gasteiger partial charge on any atom is -0.494 e. The molecular weight excluding hydrogens is 356 g/mol. The lowest BCUT2D eigenvalue weighted by Crippen LogP contribution is -2.11. The van der Waals surface area contributed by atoms with Crippen LogP contribution in [-0.4, -0.2) is 17.5 Å². The monoisotopic (exact) mass is 380 g/mol. The van der Waals surface area contributed by atoms with Crippen LogP contribution >= 0.6 is 11.3 Å². The van der Waals surface area contributed by atoms with Crippen LogP contribution in [0.25, 0.3) is 0 Å². The average molecular weight is 381 g/mol. The molecular formula is C22H24N2O2S. The molecule has 0 radical (unpaired) electrons. The number of benzene rings is 2. The third-order valence-corrected chi connectivity index (χ3v) is 5.09. The van der Waals surface area contributed by atoms with Crippen LogP contribution in [-0.2, 0) is 12.8 Å². The number of aryl methyl sites for hydroxylation is 1. The molecule has 27 heavy (non-hydrogen) atoms. The third-order valence-electron chi connectivity index (χ3n) is 4.17. The molecule has 0 aliphatic rings. The lowest BCUT2D eigenvalue weighted by molar-refractivity contribution is 0.102. The summed E-state index contributed by atoms with van der Waals surface area (Å²) in [6.45, 7) is 4.89. The SMILES string of the molecule is CCCOc1ccc(C(=O)Nc2ncc(Cc3ccc(CC)cc3)s2)cc1. The van der Waals surface area contributed by atoms with Crippen molar-refractivity contribution in [1.82, 2.24) is 4.98 Å². The first-order chi connectivity index (χ1) is 13.2. The predicted molar refractivity (Wildman–Crippen MR) is 111 cm³/mol. The van der Waals surface area contributed by atoms with E-state index in [0.29, 0.717) is 17.3 Å². The molecule has 0 spiro atoms. The summed E-state index contributed by atoms with van der Waals surface area (Å²) >= 11 is 1.51. The van der Waals surface area contributed by atoms with Crippen molar-refractivity contribution in [2.24, 2.45) is 0 Å². The molecule has 1 N–H and O–H groups in total. The number of anilines is 1. The topological polar surface area (TPSA) is 51.2 Å². The number of carbonyl (C=O) groups is 1. The minimum atomic E-state index is -0.162. The Hall–Kier alpha value is -2.66. The molecule has 140 valence electrons. The molecule has 1 heterocycles. The zero-order valence-electron chi connectivity index (χ0n) is 15.7. The third kappa shape index (κ3) is 5.41. The van der Waals surface area contributed by atoms with Crippen LogP contribution in [0.1, 0.15) is 46.6 Å². The van der Waals surface area contributed by atoms with Crippen molar-refractivity contribution in [1.29, 1.82) is 0 Å². The Labute approximate surface area is 164 Å². The van der Waals surface area contributed by atoms with Gasteiger partial charge in [0.25, 0.3) is 5.91 Å². The summed E-state index contributed by atoms with van der Waals surface area (Å²) in [6.07, 6.45) is 4.65.